The highest BCUT2D eigenvalue weighted by molar-refractivity contribution is 5.89. The lowest BCUT2D eigenvalue weighted by atomic mass is 10.1. The third-order valence-corrected chi connectivity index (χ3v) is 2.01. The molecule has 15 heavy (non-hydrogen) atoms. The Morgan fingerprint density at radius 1 is 1.47 bits per heavy atom. The fraction of sp³-hybridized carbons (Fsp3) is 0.100. The van der Waals surface area contributed by atoms with E-state index in [1.165, 1.54) is 0 Å². The van der Waals surface area contributed by atoms with Crippen LogP contribution in [-0.4, -0.2) is 26.1 Å². The summed E-state index contributed by atoms with van der Waals surface area (Å²) in [5.41, 5.74) is 1.67. The number of benzene rings is 1. The topological polar surface area (TPSA) is 68.0 Å². The van der Waals surface area contributed by atoms with E-state index >= 15 is 0 Å². The second-order valence-electron chi connectivity index (χ2n) is 3.16. The van der Waals surface area contributed by atoms with Gasteiger partial charge in [0.2, 0.25) is 0 Å². The van der Waals surface area contributed by atoms with Crippen LogP contribution in [0.2, 0.25) is 0 Å². The van der Waals surface area contributed by atoms with Crippen LogP contribution < -0.4 is 0 Å². The zero-order valence-corrected chi connectivity index (χ0v) is 8.08. The highest BCUT2D eigenvalue weighted by atomic mass is 16.4. The molecule has 0 aliphatic carbocycles. The second kappa shape index (κ2) is 3.53. The van der Waals surface area contributed by atoms with Gasteiger partial charge in [0.25, 0.3) is 0 Å². The van der Waals surface area contributed by atoms with Crippen molar-refractivity contribution < 1.29 is 9.90 Å². The maximum absolute atomic E-state index is 10.7. The molecule has 76 valence electrons. The first-order valence-electron chi connectivity index (χ1n) is 4.37. The van der Waals surface area contributed by atoms with E-state index in [1.807, 2.05) is 0 Å². The minimum Gasteiger partial charge on any atom is -0.478 e. The average Bonchev–Trinajstić information content (AvgIpc) is 2.65. The number of aryl methyl sites for hydroxylation is 1. The standard InChI is InChI=1S/C10H9N3O2/c1-13-6-9(11-12-13)7-3-2-4-8(5-7)10(14)15/h2-6H,1H3,(H,14,15). The summed E-state index contributed by atoms with van der Waals surface area (Å²) in [7, 11) is 1.76. The lowest BCUT2D eigenvalue weighted by Gasteiger charge is -1.97. The van der Waals surface area contributed by atoms with Gasteiger partial charge in [0.15, 0.2) is 0 Å². The van der Waals surface area contributed by atoms with Gasteiger partial charge < -0.3 is 5.11 Å². The maximum atomic E-state index is 10.7. The fourth-order valence-corrected chi connectivity index (χ4v) is 1.29. The number of rotatable bonds is 2. The predicted molar refractivity (Wildman–Crippen MR) is 53.4 cm³/mol. The number of carbonyl (C=O) groups is 1. The summed E-state index contributed by atoms with van der Waals surface area (Å²) in [6, 6.07) is 6.61. The van der Waals surface area contributed by atoms with E-state index < -0.39 is 5.97 Å². The minimum atomic E-state index is -0.944. The van der Waals surface area contributed by atoms with Crippen LogP contribution in [0.15, 0.2) is 30.5 Å². The van der Waals surface area contributed by atoms with Crippen LogP contribution in [0.25, 0.3) is 11.3 Å². The first kappa shape index (κ1) is 9.39. The quantitative estimate of drug-likeness (QED) is 0.795. The van der Waals surface area contributed by atoms with Crippen LogP contribution in [0.5, 0.6) is 0 Å². The molecule has 0 amide bonds. The average molecular weight is 203 g/mol. The molecule has 1 heterocycles. The Hall–Kier alpha value is -2.17. The van der Waals surface area contributed by atoms with Crippen molar-refractivity contribution in [2.45, 2.75) is 0 Å². The molecule has 0 saturated carbocycles. The van der Waals surface area contributed by atoms with E-state index in [-0.39, 0.29) is 5.56 Å². The molecular formula is C10H9N3O2. The van der Waals surface area contributed by atoms with Crippen molar-refractivity contribution in [3.05, 3.63) is 36.0 Å². The first-order chi connectivity index (χ1) is 7.16. The molecule has 0 spiro atoms. The number of hydrogen-bond acceptors (Lipinski definition) is 3. The molecule has 1 aromatic carbocycles. The largest absolute Gasteiger partial charge is 0.478 e. The molecule has 1 N–H and O–H groups in total. The van der Waals surface area contributed by atoms with Crippen molar-refractivity contribution in [3.63, 3.8) is 0 Å². The molecule has 0 bridgehead atoms. The Labute approximate surface area is 86.0 Å². The van der Waals surface area contributed by atoms with Gasteiger partial charge in [0.05, 0.1) is 11.8 Å². The SMILES string of the molecule is Cn1cc(-c2cccc(C(=O)O)c2)nn1. The van der Waals surface area contributed by atoms with Crippen LogP contribution in [0, 0.1) is 0 Å². The monoisotopic (exact) mass is 203 g/mol. The molecule has 2 aromatic rings. The van der Waals surface area contributed by atoms with Crippen LogP contribution in [0.3, 0.4) is 0 Å². The Morgan fingerprint density at radius 2 is 2.27 bits per heavy atom. The Bertz CT molecular complexity index is 505. The number of nitrogens with zero attached hydrogens (tertiary/aromatic N) is 3. The van der Waals surface area contributed by atoms with Gasteiger partial charge in [-0.2, -0.15) is 0 Å². The lowest BCUT2D eigenvalue weighted by Crippen LogP contribution is -1.95. The van der Waals surface area contributed by atoms with E-state index in [1.54, 1.807) is 42.2 Å². The van der Waals surface area contributed by atoms with Gasteiger partial charge in [-0.1, -0.05) is 17.3 Å². The Kier molecular flexibility index (Phi) is 2.21. The molecule has 2 rings (SSSR count). The summed E-state index contributed by atoms with van der Waals surface area (Å²) in [5, 5.41) is 16.5. The molecule has 0 unspecified atom stereocenters. The number of aromatic nitrogens is 3. The Morgan fingerprint density at radius 3 is 2.87 bits per heavy atom. The van der Waals surface area contributed by atoms with Crippen LogP contribution >= 0.6 is 0 Å². The van der Waals surface area contributed by atoms with Gasteiger partial charge in [0.1, 0.15) is 5.69 Å². The summed E-state index contributed by atoms with van der Waals surface area (Å²) in [6.07, 6.45) is 1.74. The number of carboxylic acid groups (broad SMARTS) is 1. The normalized spacial score (nSPS) is 10.2. The van der Waals surface area contributed by atoms with Crippen molar-refractivity contribution >= 4 is 5.97 Å². The fourth-order valence-electron chi connectivity index (χ4n) is 1.29. The Balaban J connectivity index is 2.45. The van der Waals surface area contributed by atoms with Crippen LogP contribution in [-0.2, 0) is 7.05 Å². The summed E-state index contributed by atoms with van der Waals surface area (Å²) in [6.45, 7) is 0. The third kappa shape index (κ3) is 1.85. The molecule has 0 radical (unpaired) electrons. The van der Waals surface area contributed by atoms with Crippen molar-refractivity contribution in [3.8, 4) is 11.3 Å². The molecule has 0 fully saturated rings. The van der Waals surface area contributed by atoms with Gasteiger partial charge in [-0.15, -0.1) is 5.10 Å². The van der Waals surface area contributed by atoms with Crippen LogP contribution in [0.4, 0.5) is 0 Å². The van der Waals surface area contributed by atoms with Crippen molar-refractivity contribution in [2.75, 3.05) is 0 Å². The van der Waals surface area contributed by atoms with E-state index in [2.05, 4.69) is 10.3 Å². The van der Waals surface area contributed by atoms with E-state index in [4.69, 9.17) is 5.11 Å². The highest BCUT2D eigenvalue weighted by Gasteiger charge is 2.06. The molecule has 0 aliphatic heterocycles. The van der Waals surface area contributed by atoms with Gasteiger partial charge >= 0.3 is 5.97 Å². The molecular weight excluding hydrogens is 194 g/mol. The number of hydrogen-bond donors (Lipinski definition) is 1. The molecule has 1 aromatic heterocycles. The lowest BCUT2D eigenvalue weighted by molar-refractivity contribution is 0.0697. The first-order valence-corrected chi connectivity index (χ1v) is 4.37. The maximum Gasteiger partial charge on any atom is 0.335 e. The molecule has 0 atom stereocenters. The van der Waals surface area contributed by atoms with Gasteiger partial charge in [-0.05, 0) is 12.1 Å². The third-order valence-electron chi connectivity index (χ3n) is 2.01. The minimum absolute atomic E-state index is 0.248. The predicted octanol–water partition coefficient (Wildman–Crippen LogP) is 1.18. The number of aromatic carboxylic acids is 1. The zero-order chi connectivity index (χ0) is 10.8. The smallest absolute Gasteiger partial charge is 0.335 e. The summed E-state index contributed by atoms with van der Waals surface area (Å²) in [5.74, 6) is -0.944. The van der Waals surface area contributed by atoms with Crippen molar-refractivity contribution in [1.29, 1.82) is 0 Å². The molecule has 5 heteroatoms. The van der Waals surface area contributed by atoms with Gasteiger partial charge in [-0.25, -0.2) is 4.79 Å². The summed E-state index contributed by atoms with van der Waals surface area (Å²) in [4.78, 5) is 10.7. The van der Waals surface area contributed by atoms with E-state index in [0.29, 0.717) is 5.69 Å². The van der Waals surface area contributed by atoms with Crippen molar-refractivity contribution in [1.82, 2.24) is 15.0 Å². The zero-order valence-electron chi connectivity index (χ0n) is 8.08. The molecule has 5 nitrogen and oxygen atoms in total. The summed E-state index contributed by atoms with van der Waals surface area (Å²) < 4.78 is 1.57. The second-order valence-corrected chi connectivity index (χ2v) is 3.16. The van der Waals surface area contributed by atoms with E-state index in [0.717, 1.165) is 5.56 Å². The van der Waals surface area contributed by atoms with Crippen molar-refractivity contribution in [2.24, 2.45) is 7.05 Å². The molecule has 0 aliphatic rings. The van der Waals surface area contributed by atoms with Crippen LogP contribution in [0.1, 0.15) is 10.4 Å². The van der Waals surface area contributed by atoms with E-state index in [9.17, 15) is 4.79 Å². The van der Waals surface area contributed by atoms with Gasteiger partial charge in [-0.3, -0.25) is 4.68 Å². The number of carboxylic acids is 1. The highest BCUT2D eigenvalue weighted by Crippen LogP contribution is 2.17. The summed E-state index contributed by atoms with van der Waals surface area (Å²) >= 11 is 0. The van der Waals surface area contributed by atoms with Gasteiger partial charge in [0, 0.05) is 12.6 Å². The molecule has 0 saturated heterocycles.